The van der Waals surface area contributed by atoms with Crippen LogP contribution in [0.1, 0.15) is 34.5 Å². The summed E-state index contributed by atoms with van der Waals surface area (Å²) in [4.78, 5) is 30.3. The number of likely N-dealkylation sites (tertiary alicyclic amines) is 1. The molecule has 168 valence electrons. The first-order valence-electron chi connectivity index (χ1n) is 10.1. The van der Waals surface area contributed by atoms with E-state index in [2.05, 4.69) is 10.3 Å². The fourth-order valence-electron chi connectivity index (χ4n) is 3.37. The molecule has 1 aliphatic rings. The molecule has 1 fully saturated rings. The van der Waals surface area contributed by atoms with Gasteiger partial charge in [0.25, 0.3) is 11.8 Å². The number of carbonyl (C=O) groups excluding carboxylic acids is 2. The molecule has 32 heavy (non-hydrogen) atoms. The third kappa shape index (κ3) is 4.71. The first-order valence-corrected chi connectivity index (χ1v) is 11.0. The number of hydrogen-bond acceptors (Lipinski definition) is 6. The molecule has 0 unspecified atom stereocenters. The molecule has 0 aliphatic carbocycles. The zero-order valence-corrected chi connectivity index (χ0v) is 17.8. The number of aliphatic hydroxyl groups excluding tert-OH is 1. The Kier molecular flexibility index (Phi) is 6.33. The van der Waals surface area contributed by atoms with Crippen molar-refractivity contribution < 1.29 is 27.9 Å². The Bertz CT molecular complexity index is 1080. The van der Waals surface area contributed by atoms with E-state index in [1.54, 1.807) is 29.2 Å². The average Bonchev–Trinajstić information content (AvgIpc) is 3.51. The van der Waals surface area contributed by atoms with E-state index in [4.69, 9.17) is 4.42 Å². The second-order valence-electron chi connectivity index (χ2n) is 7.53. The van der Waals surface area contributed by atoms with Crippen LogP contribution in [0, 0.1) is 0 Å². The average molecular weight is 461 g/mol. The fraction of sp³-hybridized carbons (Fsp3) is 0.318. The van der Waals surface area contributed by atoms with E-state index >= 15 is 0 Å². The quantitative estimate of drug-likeness (QED) is 0.587. The summed E-state index contributed by atoms with van der Waals surface area (Å²) in [6.07, 6.45) is 1.99. The van der Waals surface area contributed by atoms with Gasteiger partial charge in [0.2, 0.25) is 5.89 Å². The number of aromatic nitrogens is 1. The highest BCUT2D eigenvalue weighted by atomic mass is 32.1. The van der Waals surface area contributed by atoms with Crippen LogP contribution in [0.4, 0.5) is 8.78 Å². The highest BCUT2D eigenvalue weighted by molar-refractivity contribution is 7.08. The third-order valence-corrected chi connectivity index (χ3v) is 5.98. The van der Waals surface area contributed by atoms with Gasteiger partial charge in [-0.1, -0.05) is 12.1 Å². The zero-order valence-electron chi connectivity index (χ0n) is 17.0. The molecule has 2 N–H and O–H groups in total. The van der Waals surface area contributed by atoms with Crippen LogP contribution in [-0.2, 0) is 17.3 Å². The van der Waals surface area contributed by atoms with Gasteiger partial charge in [-0.3, -0.25) is 9.59 Å². The van der Waals surface area contributed by atoms with Crippen molar-refractivity contribution in [2.24, 2.45) is 0 Å². The van der Waals surface area contributed by atoms with Gasteiger partial charge in [-0.2, -0.15) is 20.1 Å². The Hall–Kier alpha value is -3.11. The predicted octanol–water partition coefficient (Wildman–Crippen LogP) is 3.41. The number of halogens is 2. The Balaban J connectivity index is 1.36. The second-order valence-corrected chi connectivity index (χ2v) is 8.31. The lowest BCUT2D eigenvalue weighted by atomic mass is 10.1. The summed E-state index contributed by atoms with van der Waals surface area (Å²) in [6.45, 7) is 0.872. The number of piperidine rings is 1. The van der Waals surface area contributed by atoms with Gasteiger partial charge in [-0.25, -0.2) is 4.98 Å². The molecule has 0 saturated carbocycles. The Morgan fingerprint density at radius 3 is 2.59 bits per heavy atom. The minimum atomic E-state index is -3.59. The summed E-state index contributed by atoms with van der Waals surface area (Å²) in [5.41, 5.74) is 1.09. The Labute approximate surface area is 186 Å². The molecular weight excluding hydrogens is 440 g/mol. The number of aliphatic hydroxyl groups is 1. The first-order chi connectivity index (χ1) is 15.3. The monoisotopic (exact) mass is 461 g/mol. The number of nitrogens with one attached hydrogen (secondary N) is 1. The smallest absolute Gasteiger partial charge is 0.350 e. The standard InChI is InChI=1S/C22H21F2N3O4S/c23-22(24,16-7-10-32-13-16)21(30)25-11-14-1-3-15(4-2-14)19-26-18(12-31-19)20(29)27-8-5-17(28)6-9-27/h1-4,7,10,12-13,17,28H,5-6,8-9,11H2,(H,25,30). The van der Waals surface area contributed by atoms with E-state index in [-0.39, 0.29) is 35.7 Å². The normalized spacial score (nSPS) is 15.0. The van der Waals surface area contributed by atoms with E-state index in [0.29, 0.717) is 37.1 Å². The van der Waals surface area contributed by atoms with Gasteiger partial charge in [0.1, 0.15) is 6.26 Å². The van der Waals surface area contributed by atoms with Gasteiger partial charge in [0.15, 0.2) is 5.69 Å². The van der Waals surface area contributed by atoms with Crippen LogP contribution in [0.25, 0.3) is 11.5 Å². The molecule has 2 amide bonds. The Morgan fingerprint density at radius 1 is 1.22 bits per heavy atom. The van der Waals surface area contributed by atoms with Gasteiger partial charge >= 0.3 is 5.92 Å². The molecule has 10 heteroatoms. The minimum Gasteiger partial charge on any atom is -0.444 e. The van der Waals surface area contributed by atoms with Gasteiger partial charge in [-0.05, 0) is 42.0 Å². The SMILES string of the molecule is O=C(c1coc(-c2ccc(CNC(=O)C(F)(F)c3ccsc3)cc2)n1)N1CCC(O)CC1. The number of alkyl halides is 2. The number of oxazole rings is 1. The van der Waals surface area contributed by atoms with Crippen molar-refractivity contribution in [1.29, 1.82) is 0 Å². The maximum absolute atomic E-state index is 14.1. The van der Waals surface area contributed by atoms with Gasteiger partial charge in [-0.15, -0.1) is 0 Å². The minimum absolute atomic E-state index is 0.0605. The number of rotatable bonds is 6. The van der Waals surface area contributed by atoms with Crippen LogP contribution in [0.3, 0.4) is 0 Å². The van der Waals surface area contributed by atoms with E-state index in [0.717, 1.165) is 11.3 Å². The number of thiophene rings is 1. The van der Waals surface area contributed by atoms with Crippen molar-refractivity contribution in [3.8, 4) is 11.5 Å². The van der Waals surface area contributed by atoms with Crippen molar-refractivity contribution >= 4 is 23.2 Å². The number of hydrogen-bond donors (Lipinski definition) is 2. The summed E-state index contributed by atoms with van der Waals surface area (Å²) in [6, 6.07) is 7.90. The van der Waals surface area contributed by atoms with E-state index in [1.165, 1.54) is 23.1 Å². The molecule has 0 spiro atoms. The summed E-state index contributed by atoms with van der Waals surface area (Å²) < 4.78 is 33.7. The van der Waals surface area contributed by atoms with Crippen LogP contribution in [0.15, 0.2) is 51.8 Å². The molecule has 7 nitrogen and oxygen atoms in total. The molecule has 2 aromatic heterocycles. The maximum Gasteiger partial charge on any atom is 0.350 e. The largest absolute Gasteiger partial charge is 0.444 e. The highest BCUT2D eigenvalue weighted by Crippen LogP contribution is 2.30. The predicted molar refractivity (Wildman–Crippen MR) is 113 cm³/mol. The molecular formula is C22H21F2N3O4S. The number of carbonyl (C=O) groups is 2. The lowest BCUT2D eigenvalue weighted by Crippen LogP contribution is -2.40. The lowest BCUT2D eigenvalue weighted by Gasteiger charge is -2.28. The Morgan fingerprint density at radius 2 is 1.94 bits per heavy atom. The summed E-state index contributed by atoms with van der Waals surface area (Å²) in [5.74, 6) is -4.95. The van der Waals surface area contributed by atoms with Crippen molar-refractivity contribution in [2.45, 2.75) is 31.4 Å². The number of benzene rings is 1. The van der Waals surface area contributed by atoms with Crippen molar-refractivity contribution in [1.82, 2.24) is 15.2 Å². The summed E-state index contributed by atoms with van der Waals surface area (Å²) >= 11 is 1.10. The molecule has 3 heterocycles. The van der Waals surface area contributed by atoms with Gasteiger partial charge in [0.05, 0.1) is 6.10 Å². The number of amides is 2. The van der Waals surface area contributed by atoms with Crippen molar-refractivity contribution in [3.05, 3.63) is 64.2 Å². The second kappa shape index (κ2) is 9.17. The number of nitrogens with zero attached hydrogens (tertiary/aromatic N) is 2. The topological polar surface area (TPSA) is 95.7 Å². The van der Waals surface area contributed by atoms with Gasteiger partial charge in [0, 0.05) is 36.1 Å². The molecule has 0 bridgehead atoms. The van der Waals surface area contributed by atoms with Gasteiger partial charge < -0.3 is 19.7 Å². The highest BCUT2D eigenvalue weighted by Gasteiger charge is 2.40. The summed E-state index contributed by atoms with van der Waals surface area (Å²) in [7, 11) is 0. The lowest BCUT2D eigenvalue weighted by molar-refractivity contribution is -0.147. The molecule has 1 aliphatic heterocycles. The fourth-order valence-corrected chi connectivity index (χ4v) is 4.05. The maximum atomic E-state index is 14.1. The van der Waals surface area contributed by atoms with Crippen LogP contribution in [0.2, 0.25) is 0 Å². The zero-order chi connectivity index (χ0) is 22.7. The molecule has 1 aromatic carbocycles. The van der Waals surface area contributed by atoms with E-state index in [1.807, 2.05) is 0 Å². The van der Waals surface area contributed by atoms with E-state index in [9.17, 15) is 23.5 Å². The van der Waals surface area contributed by atoms with Crippen LogP contribution < -0.4 is 5.32 Å². The van der Waals surface area contributed by atoms with Crippen LogP contribution >= 0.6 is 11.3 Å². The summed E-state index contributed by atoms with van der Waals surface area (Å²) in [5, 5.41) is 14.6. The first kappa shape index (κ1) is 22.1. The molecule has 0 radical (unpaired) electrons. The molecule has 1 saturated heterocycles. The molecule has 4 rings (SSSR count). The van der Waals surface area contributed by atoms with Crippen LogP contribution in [0.5, 0.6) is 0 Å². The third-order valence-electron chi connectivity index (χ3n) is 5.30. The van der Waals surface area contributed by atoms with Crippen molar-refractivity contribution in [3.63, 3.8) is 0 Å². The van der Waals surface area contributed by atoms with Crippen LogP contribution in [-0.4, -0.2) is 46.0 Å². The molecule has 3 aromatic rings. The van der Waals surface area contributed by atoms with Crippen molar-refractivity contribution in [2.75, 3.05) is 13.1 Å². The molecule has 0 atom stereocenters. The van der Waals surface area contributed by atoms with E-state index < -0.39 is 11.8 Å².